The molecule has 86 valence electrons. The molecule has 4 heteroatoms. The van der Waals surface area contributed by atoms with Crippen molar-refractivity contribution < 1.29 is 14.7 Å². The highest BCUT2D eigenvalue weighted by Crippen LogP contribution is 2.35. The summed E-state index contributed by atoms with van der Waals surface area (Å²) in [6.45, 7) is 6.18. The highest BCUT2D eigenvalue weighted by atomic mass is 16.4. The van der Waals surface area contributed by atoms with Crippen LogP contribution in [0.2, 0.25) is 0 Å². The van der Waals surface area contributed by atoms with Crippen LogP contribution in [0, 0.1) is 5.41 Å². The molecule has 0 aromatic heterocycles. The Hall–Kier alpha value is -1.06. The van der Waals surface area contributed by atoms with Gasteiger partial charge in [-0.3, -0.25) is 4.79 Å². The molecule has 0 unspecified atom stereocenters. The smallest absolute Gasteiger partial charge is 0.329 e. The number of carbonyl (C=O) groups excluding carboxylic acids is 1. The van der Waals surface area contributed by atoms with Gasteiger partial charge in [0.25, 0.3) is 0 Å². The summed E-state index contributed by atoms with van der Waals surface area (Å²) in [7, 11) is 0. The van der Waals surface area contributed by atoms with Gasteiger partial charge < -0.3 is 10.4 Å². The zero-order valence-electron chi connectivity index (χ0n) is 9.59. The number of carboxylic acid groups (broad SMARTS) is 1. The Labute approximate surface area is 90.0 Å². The first-order valence-electron chi connectivity index (χ1n) is 5.30. The van der Waals surface area contributed by atoms with Gasteiger partial charge in [0.1, 0.15) is 5.54 Å². The summed E-state index contributed by atoms with van der Waals surface area (Å²) in [5.41, 5.74) is -0.827. The minimum absolute atomic E-state index is 0.108. The quantitative estimate of drug-likeness (QED) is 0.744. The molecule has 0 aliphatic heterocycles. The Morgan fingerprint density at radius 2 is 1.87 bits per heavy atom. The third kappa shape index (κ3) is 3.53. The van der Waals surface area contributed by atoms with Crippen molar-refractivity contribution in [1.82, 2.24) is 5.32 Å². The number of hydrogen-bond donors (Lipinski definition) is 2. The number of carbonyl (C=O) groups is 2. The van der Waals surface area contributed by atoms with Gasteiger partial charge in [0, 0.05) is 6.42 Å². The minimum atomic E-state index is -0.936. The van der Waals surface area contributed by atoms with Gasteiger partial charge in [-0.25, -0.2) is 4.79 Å². The van der Waals surface area contributed by atoms with E-state index in [1.807, 2.05) is 0 Å². The summed E-state index contributed by atoms with van der Waals surface area (Å²) in [6.07, 6.45) is 2.29. The van der Waals surface area contributed by atoms with Crippen LogP contribution in [-0.4, -0.2) is 22.5 Å². The average Bonchev–Trinajstić information content (AvgIpc) is 2.81. The molecule has 1 aliphatic carbocycles. The summed E-state index contributed by atoms with van der Waals surface area (Å²) in [5, 5.41) is 11.5. The predicted molar refractivity (Wildman–Crippen MR) is 56.4 cm³/mol. The van der Waals surface area contributed by atoms with Crippen molar-refractivity contribution in [3.05, 3.63) is 0 Å². The van der Waals surface area contributed by atoms with Crippen LogP contribution in [0.1, 0.15) is 46.5 Å². The standard InChI is InChI=1S/C11H19NO3/c1-10(2,3)5-4-8(13)12-11(6-7-11)9(14)15/h4-7H2,1-3H3,(H,12,13)(H,14,15). The molecule has 1 aliphatic rings. The number of hydrogen-bond acceptors (Lipinski definition) is 2. The van der Waals surface area contributed by atoms with Crippen molar-refractivity contribution in [2.45, 2.75) is 52.0 Å². The van der Waals surface area contributed by atoms with Crippen molar-refractivity contribution in [1.29, 1.82) is 0 Å². The van der Waals surface area contributed by atoms with Crippen LogP contribution in [-0.2, 0) is 9.59 Å². The Kier molecular flexibility index (Phi) is 3.07. The van der Waals surface area contributed by atoms with Gasteiger partial charge in [0.15, 0.2) is 0 Å². The molecule has 0 atom stereocenters. The van der Waals surface area contributed by atoms with E-state index in [0.717, 1.165) is 6.42 Å². The number of nitrogens with one attached hydrogen (secondary N) is 1. The van der Waals surface area contributed by atoms with Crippen LogP contribution in [0.5, 0.6) is 0 Å². The van der Waals surface area contributed by atoms with Crippen LogP contribution in [0.4, 0.5) is 0 Å². The third-order valence-corrected chi connectivity index (χ3v) is 2.64. The summed E-state index contributed by atoms with van der Waals surface area (Å²) in [6, 6.07) is 0. The molecule has 0 aromatic carbocycles. The van der Waals surface area contributed by atoms with Gasteiger partial charge in [-0.05, 0) is 24.7 Å². The summed E-state index contributed by atoms with van der Waals surface area (Å²) >= 11 is 0. The third-order valence-electron chi connectivity index (χ3n) is 2.64. The van der Waals surface area contributed by atoms with E-state index in [4.69, 9.17) is 5.11 Å². The molecule has 0 radical (unpaired) electrons. The molecule has 1 rings (SSSR count). The van der Waals surface area contributed by atoms with Gasteiger partial charge in [0.2, 0.25) is 5.91 Å². The Bertz CT molecular complexity index is 274. The fourth-order valence-corrected chi connectivity index (χ4v) is 1.34. The average molecular weight is 213 g/mol. The fraction of sp³-hybridized carbons (Fsp3) is 0.818. The lowest BCUT2D eigenvalue weighted by molar-refractivity contribution is -0.143. The second-order valence-electron chi connectivity index (χ2n) is 5.50. The molecule has 0 heterocycles. The largest absolute Gasteiger partial charge is 0.480 e. The number of carboxylic acids is 1. The van der Waals surface area contributed by atoms with Crippen molar-refractivity contribution in [2.75, 3.05) is 0 Å². The highest BCUT2D eigenvalue weighted by Gasteiger charge is 2.51. The van der Waals surface area contributed by atoms with E-state index >= 15 is 0 Å². The number of aliphatic carboxylic acids is 1. The van der Waals surface area contributed by atoms with E-state index in [9.17, 15) is 9.59 Å². The van der Waals surface area contributed by atoms with Crippen LogP contribution < -0.4 is 5.32 Å². The first kappa shape index (κ1) is 12.0. The summed E-state index contributed by atoms with van der Waals surface area (Å²) in [5.74, 6) is -1.06. The summed E-state index contributed by atoms with van der Waals surface area (Å²) < 4.78 is 0. The zero-order chi connectivity index (χ0) is 11.7. The molecule has 0 aromatic rings. The van der Waals surface area contributed by atoms with E-state index in [1.54, 1.807) is 0 Å². The monoisotopic (exact) mass is 213 g/mol. The van der Waals surface area contributed by atoms with Gasteiger partial charge in [0.05, 0.1) is 0 Å². The van der Waals surface area contributed by atoms with Crippen molar-refractivity contribution >= 4 is 11.9 Å². The van der Waals surface area contributed by atoms with Crippen molar-refractivity contribution in [3.8, 4) is 0 Å². The predicted octanol–water partition coefficient (Wildman–Crippen LogP) is 1.55. The fourth-order valence-electron chi connectivity index (χ4n) is 1.34. The second kappa shape index (κ2) is 3.83. The molecular weight excluding hydrogens is 194 g/mol. The van der Waals surface area contributed by atoms with Gasteiger partial charge in [-0.15, -0.1) is 0 Å². The van der Waals surface area contributed by atoms with Crippen molar-refractivity contribution in [3.63, 3.8) is 0 Å². The van der Waals surface area contributed by atoms with E-state index < -0.39 is 11.5 Å². The lowest BCUT2D eigenvalue weighted by Gasteiger charge is -2.18. The molecule has 1 fully saturated rings. The van der Waals surface area contributed by atoms with Crippen LogP contribution in [0.3, 0.4) is 0 Å². The normalized spacial score (nSPS) is 18.3. The maximum absolute atomic E-state index is 11.5. The molecule has 1 amide bonds. The van der Waals surface area contributed by atoms with Crippen LogP contribution in [0.15, 0.2) is 0 Å². The van der Waals surface area contributed by atoms with Crippen molar-refractivity contribution in [2.24, 2.45) is 5.41 Å². The molecule has 2 N–H and O–H groups in total. The van der Waals surface area contributed by atoms with E-state index in [1.165, 1.54) is 0 Å². The molecule has 0 saturated heterocycles. The zero-order valence-corrected chi connectivity index (χ0v) is 9.59. The van der Waals surface area contributed by atoms with Crippen LogP contribution >= 0.6 is 0 Å². The van der Waals surface area contributed by atoms with Crippen LogP contribution in [0.25, 0.3) is 0 Å². The molecule has 0 bridgehead atoms. The first-order valence-corrected chi connectivity index (χ1v) is 5.30. The highest BCUT2D eigenvalue weighted by molar-refractivity contribution is 5.89. The van der Waals surface area contributed by atoms with Gasteiger partial charge in [-0.2, -0.15) is 0 Å². The summed E-state index contributed by atoms with van der Waals surface area (Å²) in [4.78, 5) is 22.3. The maximum atomic E-state index is 11.5. The van der Waals surface area contributed by atoms with Gasteiger partial charge in [-0.1, -0.05) is 20.8 Å². The SMILES string of the molecule is CC(C)(C)CCC(=O)NC1(C(=O)O)CC1. The molecular formula is C11H19NO3. The molecule has 15 heavy (non-hydrogen) atoms. The van der Waals surface area contributed by atoms with E-state index in [2.05, 4.69) is 26.1 Å². The topological polar surface area (TPSA) is 66.4 Å². The minimum Gasteiger partial charge on any atom is -0.480 e. The molecule has 4 nitrogen and oxygen atoms in total. The lowest BCUT2D eigenvalue weighted by Crippen LogP contribution is -2.43. The molecule has 0 spiro atoms. The van der Waals surface area contributed by atoms with Gasteiger partial charge >= 0.3 is 5.97 Å². The Morgan fingerprint density at radius 3 is 2.20 bits per heavy atom. The second-order valence-corrected chi connectivity index (χ2v) is 5.50. The molecule has 1 saturated carbocycles. The Balaban J connectivity index is 2.34. The first-order chi connectivity index (χ1) is 6.75. The Morgan fingerprint density at radius 1 is 1.33 bits per heavy atom. The lowest BCUT2D eigenvalue weighted by atomic mass is 9.90. The van der Waals surface area contributed by atoms with E-state index in [0.29, 0.717) is 19.3 Å². The number of amides is 1. The van der Waals surface area contributed by atoms with E-state index in [-0.39, 0.29) is 11.3 Å². The maximum Gasteiger partial charge on any atom is 0.329 e. The number of rotatable bonds is 4.